The Labute approximate surface area is 124 Å². The lowest BCUT2D eigenvalue weighted by atomic mass is 10.2. The van der Waals surface area contributed by atoms with Crippen LogP contribution in [-0.2, 0) is 14.2 Å². The first-order valence-corrected chi connectivity index (χ1v) is 5.96. The first-order valence-electron chi connectivity index (χ1n) is 5.96. The summed E-state index contributed by atoms with van der Waals surface area (Å²) < 4.78 is 82.5. The lowest BCUT2D eigenvalue weighted by Gasteiger charge is -2.21. The quantitative estimate of drug-likeness (QED) is 0.277. The zero-order chi connectivity index (χ0) is 17.1. The average Bonchev–Trinajstić information content (AvgIpc) is 2.54. The molecule has 0 radical (unpaired) electrons. The van der Waals surface area contributed by atoms with Crippen molar-refractivity contribution >= 4 is 12.3 Å². The van der Waals surface area contributed by atoms with Gasteiger partial charge in [-0.15, -0.1) is 0 Å². The van der Waals surface area contributed by atoms with Gasteiger partial charge in [-0.25, -0.2) is 22.8 Å². The fraction of sp³-hybridized carbons (Fsp3) is 0.333. The summed E-state index contributed by atoms with van der Waals surface area (Å²) in [5, 5.41) is 0. The van der Waals surface area contributed by atoms with Gasteiger partial charge in [0, 0.05) is 0 Å². The highest BCUT2D eigenvalue weighted by atomic mass is 19.2. The van der Waals surface area contributed by atoms with Gasteiger partial charge in [0.15, 0.2) is 0 Å². The Morgan fingerprint density at radius 3 is 1.96 bits per heavy atom. The molecular weight excluding hydrogens is 335 g/mol. The molecule has 1 aliphatic rings. The zero-order valence-electron chi connectivity index (χ0n) is 11.0. The number of carbonyl (C=O) groups is 2. The maximum absolute atomic E-state index is 13.3. The number of hydrogen-bond acceptors (Lipinski definition) is 6. The minimum absolute atomic E-state index is 0.144. The maximum atomic E-state index is 13.3. The lowest BCUT2D eigenvalue weighted by Crippen LogP contribution is -2.31. The molecule has 1 aromatic rings. The van der Waals surface area contributed by atoms with E-state index in [1.807, 2.05) is 0 Å². The summed E-state index contributed by atoms with van der Waals surface area (Å²) >= 11 is 0. The maximum Gasteiger partial charge on any atom is 0.514 e. The van der Waals surface area contributed by atoms with E-state index in [0.29, 0.717) is 0 Å². The first-order chi connectivity index (χ1) is 10.8. The second-order valence-electron chi connectivity index (χ2n) is 4.30. The van der Waals surface area contributed by atoms with Gasteiger partial charge in [-0.3, -0.25) is 0 Å². The highest BCUT2D eigenvalue weighted by Gasteiger charge is 2.29. The molecular formula is C12H7F5O6. The molecule has 1 fully saturated rings. The summed E-state index contributed by atoms with van der Waals surface area (Å²) in [7, 11) is 0. The Balaban J connectivity index is 1.99. The number of carbonyl (C=O) groups excluding carboxylic acids is 2. The monoisotopic (exact) mass is 342 g/mol. The number of rotatable bonds is 3. The minimum atomic E-state index is -2.39. The van der Waals surface area contributed by atoms with Crippen LogP contribution in [0.3, 0.4) is 0 Å². The van der Waals surface area contributed by atoms with E-state index >= 15 is 0 Å². The van der Waals surface area contributed by atoms with Crippen LogP contribution in [0.4, 0.5) is 31.5 Å². The molecule has 0 aromatic heterocycles. The van der Waals surface area contributed by atoms with Gasteiger partial charge in [0.1, 0.15) is 19.8 Å². The van der Waals surface area contributed by atoms with Gasteiger partial charge in [-0.2, -0.15) is 8.78 Å². The highest BCUT2D eigenvalue weighted by Crippen LogP contribution is 2.29. The molecule has 1 heterocycles. The molecule has 0 saturated carbocycles. The van der Waals surface area contributed by atoms with Crippen LogP contribution in [0.5, 0.6) is 5.75 Å². The minimum Gasteiger partial charge on any atom is -0.434 e. The van der Waals surface area contributed by atoms with Crippen molar-refractivity contribution in [2.45, 2.75) is 0 Å². The van der Waals surface area contributed by atoms with Crippen LogP contribution in [0.25, 0.3) is 0 Å². The van der Waals surface area contributed by atoms with Gasteiger partial charge in [0.25, 0.3) is 0 Å². The van der Waals surface area contributed by atoms with Crippen LogP contribution in [0, 0.1) is 35.0 Å². The second kappa shape index (κ2) is 6.67. The molecule has 1 saturated heterocycles. The van der Waals surface area contributed by atoms with Crippen molar-refractivity contribution in [2.24, 2.45) is 5.92 Å². The van der Waals surface area contributed by atoms with E-state index in [9.17, 15) is 31.5 Å². The van der Waals surface area contributed by atoms with Gasteiger partial charge in [0.2, 0.25) is 34.8 Å². The Bertz CT molecular complexity index is 610. The van der Waals surface area contributed by atoms with Gasteiger partial charge in [-0.05, 0) is 0 Å². The summed E-state index contributed by atoms with van der Waals surface area (Å²) in [5.74, 6) is -13.9. The Morgan fingerprint density at radius 1 is 0.957 bits per heavy atom. The van der Waals surface area contributed by atoms with E-state index in [-0.39, 0.29) is 13.2 Å². The molecule has 0 N–H and O–H groups in total. The van der Waals surface area contributed by atoms with Crippen molar-refractivity contribution in [1.82, 2.24) is 0 Å². The van der Waals surface area contributed by atoms with Crippen LogP contribution in [0.1, 0.15) is 0 Å². The zero-order valence-corrected chi connectivity index (χ0v) is 11.0. The van der Waals surface area contributed by atoms with Crippen LogP contribution >= 0.6 is 0 Å². The first kappa shape index (κ1) is 16.8. The Kier molecular flexibility index (Phi) is 4.86. The summed E-state index contributed by atoms with van der Waals surface area (Å²) in [4.78, 5) is 21.9. The summed E-state index contributed by atoms with van der Waals surface area (Å²) in [6.45, 7) is -0.717. The molecule has 0 unspecified atom stereocenters. The highest BCUT2D eigenvalue weighted by molar-refractivity contribution is 5.64. The van der Waals surface area contributed by atoms with E-state index in [4.69, 9.17) is 0 Å². The Hall–Kier alpha value is -2.59. The molecule has 23 heavy (non-hydrogen) atoms. The molecule has 2 rings (SSSR count). The molecule has 0 spiro atoms. The SMILES string of the molecule is O=C1OCC(COC(=O)Oc2c(F)c(F)c(F)c(F)c2F)CO1. The van der Waals surface area contributed by atoms with Gasteiger partial charge < -0.3 is 18.9 Å². The molecule has 1 aromatic carbocycles. The number of halogens is 5. The number of cyclic esters (lactones) is 2. The predicted molar refractivity (Wildman–Crippen MR) is 59.0 cm³/mol. The van der Waals surface area contributed by atoms with E-state index < -0.39 is 59.7 Å². The number of ether oxygens (including phenoxy) is 4. The summed E-state index contributed by atoms with van der Waals surface area (Å²) in [5.41, 5.74) is 0. The van der Waals surface area contributed by atoms with Crippen LogP contribution in [-0.4, -0.2) is 32.1 Å². The second-order valence-corrected chi connectivity index (χ2v) is 4.30. The average molecular weight is 342 g/mol. The van der Waals surface area contributed by atoms with Crippen molar-refractivity contribution in [2.75, 3.05) is 19.8 Å². The third kappa shape index (κ3) is 3.60. The molecule has 126 valence electrons. The smallest absolute Gasteiger partial charge is 0.434 e. The van der Waals surface area contributed by atoms with Crippen molar-refractivity contribution < 1.29 is 50.5 Å². The van der Waals surface area contributed by atoms with E-state index in [0.717, 1.165) is 0 Å². The lowest BCUT2D eigenvalue weighted by molar-refractivity contribution is -0.0320. The van der Waals surface area contributed by atoms with Crippen molar-refractivity contribution in [3.63, 3.8) is 0 Å². The molecule has 0 bridgehead atoms. The Morgan fingerprint density at radius 2 is 1.43 bits per heavy atom. The van der Waals surface area contributed by atoms with Crippen molar-refractivity contribution in [3.05, 3.63) is 29.1 Å². The molecule has 11 heteroatoms. The molecule has 0 aliphatic carbocycles. The van der Waals surface area contributed by atoms with Crippen molar-refractivity contribution in [3.8, 4) is 5.75 Å². The fourth-order valence-electron chi connectivity index (χ4n) is 1.53. The molecule has 1 aliphatic heterocycles. The number of hydrogen-bond donors (Lipinski definition) is 0. The van der Waals surface area contributed by atoms with Crippen molar-refractivity contribution in [1.29, 1.82) is 0 Å². The third-order valence-corrected chi connectivity index (χ3v) is 2.67. The predicted octanol–water partition coefficient (Wildman–Crippen LogP) is 2.68. The number of benzene rings is 1. The van der Waals surface area contributed by atoms with E-state index in [1.54, 1.807) is 0 Å². The normalized spacial score (nSPS) is 14.9. The van der Waals surface area contributed by atoms with Crippen LogP contribution in [0.2, 0.25) is 0 Å². The van der Waals surface area contributed by atoms with Crippen LogP contribution in [0.15, 0.2) is 0 Å². The molecule has 0 atom stereocenters. The topological polar surface area (TPSA) is 71.1 Å². The van der Waals surface area contributed by atoms with Gasteiger partial charge >= 0.3 is 12.3 Å². The molecule has 6 nitrogen and oxygen atoms in total. The van der Waals surface area contributed by atoms with E-state index in [1.165, 1.54) is 0 Å². The fourth-order valence-corrected chi connectivity index (χ4v) is 1.53. The third-order valence-electron chi connectivity index (χ3n) is 2.67. The van der Waals surface area contributed by atoms with E-state index in [2.05, 4.69) is 18.9 Å². The van der Waals surface area contributed by atoms with Gasteiger partial charge in [0.05, 0.1) is 5.92 Å². The molecule has 0 amide bonds. The van der Waals surface area contributed by atoms with Gasteiger partial charge in [-0.1, -0.05) is 0 Å². The van der Waals surface area contributed by atoms with Crippen LogP contribution < -0.4 is 4.74 Å². The summed E-state index contributed by atoms with van der Waals surface area (Å²) in [6.07, 6.45) is -2.62. The largest absolute Gasteiger partial charge is 0.514 e. The standard InChI is InChI=1S/C12H7F5O6/c13-5-6(14)8(16)10(9(17)7(5)15)23-12(19)22-3-4-1-20-11(18)21-2-4/h4H,1-3H2. The summed E-state index contributed by atoms with van der Waals surface area (Å²) in [6, 6.07) is 0.